The zero-order valence-corrected chi connectivity index (χ0v) is 28.4. The molecule has 0 heterocycles. The summed E-state index contributed by atoms with van der Waals surface area (Å²) in [6.45, 7) is 4.00. The molecule has 242 valence electrons. The fourth-order valence-corrected chi connectivity index (χ4v) is 6.86. The number of sulfonamides is 1. The number of halogens is 1. The lowest BCUT2D eigenvalue weighted by atomic mass is 10.0. The van der Waals surface area contributed by atoms with E-state index in [1.807, 2.05) is 50.4 Å². The Bertz CT molecular complexity index is 1690. The van der Waals surface area contributed by atoms with Gasteiger partial charge in [0.25, 0.3) is 10.0 Å². The molecule has 11 heteroatoms. The third-order valence-electron chi connectivity index (χ3n) is 7.25. The van der Waals surface area contributed by atoms with E-state index in [0.717, 1.165) is 20.3 Å². The summed E-state index contributed by atoms with van der Waals surface area (Å²) in [4.78, 5) is 30.5. The molecule has 0 aliphatic rings. The first-order valence-electron chi connectivity index (χ1n) is 14.9. The van der Waals surface area contributed by atoms with Crippen molar-refractivity contribution in [2.24, 2.45) is 0 Å². The molecule has 8 nitrogen and oxygen atoms in total. The Balaban J connectivity index is 1.79. The maximum Gasteiger partial charge on any atom is 0.264 e. The van der Waals surface area contributed by atoms with E-state index in [1.165, 1.54) is 28.8 Å². The van der Waals surface area contributed by atoms with Gasteiger partial charge in [-0.2, -0.15) is 0 Å². The van der Waals surface area contributed by atoms with E-state index in [-0.39, 0.29) is 29.5 Å². The van der Waals surface area contributed by atoms with Crippen molar-refractivity contribution in [2.75, 3.05) is 30.3 Å². The van der Waals surface area contributed by atoms with Crippen molar-refractivity contribution in [2.45, 2.75) is 42.6 Å². The van der Waals surface area contributed by atoms with Gasteiger partial charge in [0, 0.05) is 29.4 Å². The minimum Gasteiger partial charge on any atom is -0.494 e. The second kappa shape index (κ2) is 16.5. The predicted molar refractivity (Wildman–Crippen MR) is 185 cm³/mol. The maximum atomic E-state index is 14.5. The van der Waals surface area contributed by atoms with Crippen LogP contribution in [0.4, 0.5) is 5.69 Å². The Kier molecular flexibility index (Phi) is 12.5. The number of hydrogen-bond acceptors (Lipinski definition) is 6. The molecule has 4 aromatic carbocycles. The van der Waals surface area contributed by atoms with Crippen LogP contribution in [0.25, 0.3) is 0 Å². The number of ether oxygens (including phenoxy) is 1. The zero-order valence-electron chi connectivity index (χ0n) is 26.1. The lowest BCUT2D eigenvalue weighted by Crippen LogP contribution is -2.53. The molecule has 0 bridgehead atoms. The molecule has 4 rings (SSSR count). The van der Waals surface area contributed by atoms with E-state index in [2.05, 4.69) is 5.32 Å². The van der Waals surface area contributed by atoms with E-state index < -0.39 is 28.5 Å². The molecule has 0 aliphatic carbocycles. The summed E-state index contributed by atoms with van der Waals surface area (Å²) in [5.41, 5.74) is 1.88. The third kappa shape index (κ3) is 9.05. The van der Waals surface area contributed by atoms with Gasteiger partial charge in [0.1, 0.15) is 18.3 Å². The molecule has 0 unspecified atom stereocenters. The standard InChI is InChI=1S/C35H38ClN3O5S2/c1-4-37-35(41)33(23-26-9-7-6-8-10-26)38(24-27-11-13-28(36)14-12-27)34(40)25-39(29-15-17-30(18-16-29)44-5-2)46(42,43)32-21-19-31(45-3)20-22-32/h6-22,33H,4-5,23-25H2,1-3H3,(H,37,41)/t33-/m1/s1. The maximum absolute atomic E-state index is 14.5. The molecule has 0 spiro atoms. The molecule has 1 atom stereocenters. The number of nitrogens with zero attached hydrogens (tertiary/aromatic N) is 2. The lowest BCUT2D eigenvalue weighted by Gasteiger charge is -2.34. The molecule has 0 saturated heterocycles. The Labute approximate surface area is 280 Å². The van der Waals surface area contributed by atoms with Crippen LogP contribution in [-0.4, -0.2) is 57.1 Å². The summed E-state index contributed by atoms with van der Waals surface area (Å²) in [6.07, 6.45) is 2.14. The van der Waals surface area contributed by atoms with Gasteiger partial charge in [0.15, 0.2) is 0 Å². The summed E-state index contributed by atoms with van der Waals surface area (Å²) in [7, 11) is -4.21. The number of nitrogens with one attached hydrogen (secondary N) is 1. The van der Waals surface area contributed by atoms with E-state index in [4.69, 9.17) is 16.3 Å². The Morgan fingerprint density at radius 2 is 1.52 bits per heavy atom. The van der Waals surface area contributed by atoms with Gasteiger partial charge in [-0.25, -0.2) is 8.42 Å². The van der Waals surface area contributed by atoms with Crippen LogP contribution in [-0.2, 0) is 32.6 Å². The van der Waals surface area contributed by atoms with Gasteiger partial charge in [-0.1, -0.05) is 54.1 Å². The van der Waals surface area contributed by atoms with E-state index in [1.54, 1.807) is 60.7 Å². The van der Waals surface area contributed by atoms with Gasteiger partial charge in [-0.3, -0.25) is 13.9 Å². The summed E-state index contributed by atoms with van der Waals surface area (Å²) in [6, 6.07) is 28.6. The van der Waals surface area contributed by atoms with E-state index >= 15 is 0 Å². The molecule has 0 aliphatic heterocycles. The second-order valence-corrected chi connectivity index (χ2v) is 13.5. The van der Waals surface area contributed by atoms with Gasteiger partial charge in [0.05, 0.1) is 17.2 Å². The largest absolute Gasteiger partial charge is 0.494 e. The van der Waals surface area contributed by atoms with Crippen LogP contribution in [0.2, 0.25) is 5.02 Å². The first-order chi connectivity index (χ1) is 22.2. The summed E-state index contributed by atoms with van der Waals surface area (Å²) in [5, 5.41) is 3.40. The number of likely N-dealkylation sites (N-methyl/N-ethyl adjacent to an activating group) is 1. The molecule has 0 aromatic heterocycles. The van der Waals surface area contributed by atoms with Crippen LogP contribution < -0.4 is 14.4 Å². The normalized spacial score (nSPS) is 11.8. The highest BCUT2D eigenvalue weighted by Crippen LogP contribution is 2.28. The second-order valence-electron chi connectivity index (χ2n) is 10.4. The highest BCUT2D eigenvalue weighted by atomic mass is 35.5. The average Bonchev–Trinajstić information content (AvgIpc) is 3.07. The molecule has 0 saturated carbocycles. The Hall–Kier alpha value is -3.99. The number of thioether (sulfide) groups is 1. The van der Waals surface area contributed by atoms with E-state index in [0.29, 0.717) is 23.9 Å². The fraction of sp³-hybridized carbons (Fsp3) is 0.257. The number of carbonyl (C=O) groups excluding carboxylic acids is 2. The average molecular weight is 680 g/mol. The highest BCUT2D eigenvalue weighted by molar-refractivity contribution is 7.98. The van der Waals surface area contributed by atoms with Crippen LogP contribution >= 0.6 is 23.4 Å². The van der Waals surface area contributed by atoms with E-state index in [9.17, 15) is 18.0 Å². The molecule has 0 fully saturated rings. The van der Waals surface area contributed by atoms with Crippen molar-refractivity contribution in [3.63, 3.8) is 0 Å². The van der Waals surface area contributed by atoms with Crippen molar-refractivity contribution in [1.29, 1.82) is 0 Å². The fourth-order valence-electron chi connectivity index (χ4n) is 4.91. The number of amides is 2. The lowest BCUT2D eigenvalue weighted by molar-refractivity contribution is -0.140. The summed E-state index contributed by atoms with van der Waals surface area (Å²) in [5.74, 6) is -0.306. The molecule has 4 aromatic rings. The Morgan fingerprint density at radius 3 is 2.11 bits per heavy atom. The van der Waals surface area contributed by atoms with Gasteiger partial charge >= 0.3 is 0 Å². The number of hydrogen-bond donors (Lipinski definition) is 1. The van der Waals surface area contributed by atoms with Crippen LogP contribution in [0.3, 0.4) is 0 Å². The van der Waals surface area contributed by atoms with Gasteiger partial charge in [-0.05, 0) is 91.9 Å². The van der Waals surface area contributed by atoms with Crippen molar-refractivity contribution in [3.8, 4) is 5.75 Å². The molecular formula is C35H38ClN3O5S2. The number of anilines is 1. The number of carbonyl (C=O) groups is 2. The SMILES string of the molecule is CCNC(=O)[C@@H](Cc1ccccc1)N(Cc1ccc(Cl)cc1)C(=O)CN(c1ccc(OCC)cc1)S(=O)(=O)c1ccc(SC)cc1. The van der Waals surface area contributed by atoms with Crippen LogP contribution in [0.15, 0.2) is 113 Å². The highest BCUT2D eigenvalue weighted by Gasteiger charge is 2.34. The first kappa shape index (κ1) is 34.9. The van der Waals surface area contributed by atoms with Gasteiger partial charge in [-0.15, -0.1) is 11.8 Å². The smallest absolute Gasteiger partial charge is 0.264 e. The minimum atomic E-state index is -4.21. The van der Waals surface area contributed by atoms with Crippen LogP contribution in [0.1, 0.15) is 25.0 Å². The van der Waals surface area contributed by atoms with Gasteiger partial charge < -0.3 is 15.0 Å². The topological polar surface area (TPSA) is 96.0 Å². The number of benzene rings is 4. The van der Waals surface area contributed by atoms with Crippen molar-refractivity contribution in [1.82, 2.24) is 10.2 Å². The van der Waals surface area contributed by atoms with Gasteiger partial charge in [0.2, 0.25) is 11.8 Å². The molecule has 0 radical (unpaired) electrons. The molecule has 1 N–H and O–H groups in total. The van der Waals surface area contributed by atoms with Crippen LogP contribution in [0.5, 0.6) is 5.75 Å². The van der Waals surface area contributed by atoms with Crippen molar-refractivity contribution < 1.29 is 22.7 Å². The summed E-state index contributed by atoms with van der Waals surface area (Å²) < 4.78 is 35.1. The van der Waals surface area contributed by atoms with Crippen molar-refractivity contribution >= 4 is 50.9 Å². The molecular weight excluding hydrogens is 642 g/mol. The quantitative estimate of drug-likeness (QED) is 0.146. The predicted octanol–water partition coefficient (Wildman–Crippen LogP) is 6.43. The Morgan fingerprint density at radius 1 is 0.870 bits per heavy atom. The summed E-state index contributed by atoms with van der Waals surface area (Å²) >= 11 is 7.64. The zero-order chi connectivity index (χ0) is 33.1. The van der Waals surface area contributed by atoms with Crippen LogP contribution in [0, 0.1) is 0 Å². The minimum absolute atomic E-state index is 0.0424. The monoisotopic (exact) mass is 679 g/mol. The third-order valence-corrected chi connectivity index (χ3v) is 10.0. The molecule has 2 amide bonds. The van der Waals surface area contributed by atoms with Crippen molar-refractivity contribution in [3.05, 3.63) is 119 Å². The first-order valence-corrected chi connectivity index (χ1v) is 18.0. The molecule has 46 heavy (non-hydrogen) atoms. The number of rotatable bonds is 15.